The molecule has 1 saturated heterocycles. The minimum atomic E-state index is -0.214. The van der Waals surface area contributed by atoms with E-state index in [1.165, 1.54) is 0 Å². The standard InChI is InChI=1S/C25H28N4O3/c26-25(31)20-7-4-14-29(17-20)16-18-8-10-21(11-9-18)28-23(30)12-13-24-27-15-22(32-24)19-5-2-1-3-6-19/h1-3,5-6,8-11,15,20H,4,7,12-14,16-17H2,(H2,26,31)(H,28,30). The van der Waals surface area contributed by atoms with Crippen molar-refractivity contribution in [1.82, 2.24) is 9.88 Å². The molecule has 2 amide bonds. The van der Waals surface area contributed by atoms with Crippen LogP contribution in [0.5, 0.6) is 0 Å². The zero-order chi connectivity index (χ0) is 22.3. The van der Waals surface area contributed by atoms with E-state index in [0.29, 0.717) is 31.0 Å². The largest absolute Gasteiger partial charge is 0.441 e. The Morgan fingerprint density at radius 2 is 1.91 bits per heavy atom. The van der Waals surface area contributed by atoms with Gasteiger partial charge in [0.25, 0.3) is 0 Å². The Labute approximate surface area is 187 Å². The summed E-state index contributed by atoms with van der Waals surface area (Å²) >= 11 is 0. The van der Waals surface area contributed by atoms with E-state index in [-0.39, 0.29) is 17.7 Å². The van der Waals surface area contributed by atoms with Gasteiger partial charge in [-0.25, -0.2) is 4.98 Å². The Morgan fingerprint density at radius 3 is 2.66 bits per heavy atom. The smallest absolute Gasteiger partial charge is 0.224 e. The maximum atomic E-state index is 12.3. The van der Waals surface area contributed by atoms with Gasteiger partial charge in [0.2, 0.25) is 11.8 Å². The number of likely N-dealkylation sites (tertiary alicyclic amines) is 1. The SMILES string of the molecule is NC(=O)C1CCCN(Cc2ccc(NC(=O)CCc3ncc(-c4ccccc4)o3)cc2)C1. The number of hydrogen-bond donors (Lipinski definition) is 2. The summed E-state index contributed by atoms with van der Waals surface area (Å²) in [5.41, 5.74) is 8.32. The normalized spacial score (nSPS) is 16.6. The van der Waals surface area contributed by atoms with Gasteiger partial charge in [0.05, 0.1) is 12.1 Å². The predicted octanol–water partition coefficient (Wildman–Crippen LogP) is 3.61. The first kappa shape index (κ1) is 21.8. The van der Waals surface area contributed by atoms with Gasteiger partial charge in [-0.05, 0) is 37.1 Å². The molecule has 1 atom stereocenters. The lowest BCUT2D eigenvalue weighted by Crippen LogP contribution is -2.40. The highest BCUT2D eigenvalue weighted by Crippen LogP contribution is 2.21. The molecule has 7 nitrogen and oxygen atoms in total. The average molecular weight is 433 g/mol. The fourth-order valence-corrected chi connectivity index (χ4v) is 3.99. The zero-order valence-corrected chi connectivity index (χ0v) is 18.0. The van der Waals surface area contributed by atoms with Crippen LogP contribution in [0.15, 0.2) is 65.2 Å². The molecule has 0 bridgehead atoms. The van der Waals surface area contributed by atoms with Crippen LogP contribution in [0.3, 0.4) is 0 Å². The van der Waals surface area contributed by atoms with Crippen molar-refractivity contribution < 1.29 is 14.0 Å². The van der Waals surface area contributed by atoms with Crippen molar-refractivity contribution >= 4 is 17.5 Å². The third-order valence-corrected chi connectivity index (χ3v) is 5.73. The molecule has 166 valence electrons. The zero-order valence-electron chi connectivity index (χ0n) is 18.0. The fraction of sp³-hybridized carbons (Fsp3) is 0.320. The van der Waals surface area contributed by atoms with Crippen molar-refractivity contribution in [2.24, 2.45) is 11.7 Å². The molecule has 0 radical (unpaired) electrons. The Balaban J connectivity index is 1.24. The van der Waals surface area contributed by atoms with Crippen LogP contribution in [0.1, 0.15) is 30.7 Å². The molecule has 2 heterocycles. The monoisotopic (exact) mass is 432 g/mol. The minimum Gasteiger partial charge on any atom is -0.441 e. The lowest BCUT2D eigenvalue weighted by atomic mass is 9.97. The van der Waals surface area contributed by atoms with Gasteiger partial charge in [-0.15, -0.1) is 0 Å². The Morgan fingerprint density at radius 1 is 1.12 bits per heavy atom. The molecular formula is C25H28N4O3. The number of anilines is 1. The van der Waals surface area contributed by atoms with E-state index >= 15 is 0 Å². The molecule has 7 heteroatoms. The third-order valence-electron chi connectivity index (χ3n) is 5.73. The first-order chi connectivity index (χ1) is 15.6. The Kier molecular flexibility index (Phi) is 6.97. The number of piperidine rings is 1. The lowest BCUT2D eigenvalue weighted by Gasteiger charge is -2.31. The van der Waals surface area contributed by atoms with Crippen LogP contribution in [-0.2, 0) is 22.6 Å². The van der Waals surface area contributed by atoms with Crippen LogP contribution >= 0.6 is 0 Å². The Bertz CT molecular complexity index is 1050. The number of primary amides is 1. The highest BCUT2D eigenvalue weighted by atomic mass is 16.4. The number of amides is 2. The molecule has 3 N–H and O–H groups in total. The van der Waals surface area contributed by atoms with E-state index in [2.05, 4.69) is 15.2 Å². The molecule has 3 aromatic rings. The van der Waals surface area contributed by atoms with Crippen LogP contribution in [0, 0.1) is 5.92 Å². The maximum absolute atomic E-state index is 12.3. The third kappa shape index (κ3) is 5.82. The number of carbonyl (C=O) groups excluding carboxylic acids is 2. The summed E-state index contributed by atoms with van der Waals surface area (Å²) in [6, 6.07) is 17.6. The van der Waals surface area contributed by atoms with Crippen LogP contribution < -0.4 is 11.1 Å². The molecular weight excluding hydrogens is 404 g/mol. The second-order valence-corrected chi connectivity index (χ2v) is 8.21. The molecule has 1 aliphatic rings. The number of hydrogen-bond acceptors (Lipinski definition) is 5. The lowest BCUT2D eigenvalue weighted by molar-refractivity contribution is -0.123. The first-order valence-corrected chi connectivity index (χ1v) is 11.0. The second kappa shape index (κ2) is 10.2. The molecule has 1 aromatic heterocycles. The summed E-state index contributed by atoms with van der Waals surface area (Å²) in [4.78, 5) is 30.3. The van der Waals surface area contributed by atoms with Gasteiger partial charge in [0.15, 0.2) is 11.7 Å². The fourth-order valence-electron chi connectivity index (χ4n) is 3.99. The average Bonchev–Trinajstić information content (AvgIpc) is 3.29. The van der Waals surface area contributed by atoms with Crippen molar-refractivity contribution in [2.45, 2.75) is 32.2 Å². The number of benzene rings is 2. The van der Waals surface area contributed by atoms with Gasteiger partial charge < -0.3 is 15.5 Å². The molecule has 2 aromatic carbocycles. The van der Waals surface area contributed by atoms with Gasteiger partial charge in [-0.1, -0.05) is 42.5 Å². The number of aryl methyl sites for hydroxylation is 1. The van der Waals surface area contributed by atoms with Crippen molar-refractivity contribution in [1.29, 1.82) is 0 Å². The maximum Gasteiger partial charge on any atom is 0.224 e. The summed E-state index contributed by atoms with van der Waals surface area (Å²) in [7, 11) is 0. The van der Waals surface area contributed by atoms with Crippen molar-refractivity contribution in [3.8, 4) is 11.3 Å². The summed E-state index contributed by atoms with van der Waals surface area (Å²) in [5, 5.41) is 2.92. The predicted molar refractivity (Wildman–Crippen MR) is 123 cm³/mol. The number of nitrogens with one attached hydrogen (secondary N) is 1. The number of oxazole rings is 1. The first-order valence-electron chi connectivity index (χ1n) is 11.0. The topological polar surface area (TPSA) is 101 Å². The van der Waals surface area contributed by atoms with Gasteiger partial charge in [0, 0.05) is 37.2 Å². The summed E-state index contributed by atoms with van der Waals surface area (Å²) in [6.07, 6.45) is 4.28. The van der Waals surface area contributed by atoms with Crippen molar-refractivity contribution in [3.63, 3.8) is 0 Å². The second-order valence-electron chi connectivity index (χ2n) is 8.21. The number of carbonyl (C=O) groups is 2. The van der Waals surface area contributed by atoms with E-state index in [0.717, 1.165) is 42.7 Å². The quantitative estimate of drug-likeness (QED) is 0.566. The van der Waals surface area contributed by atoms with Gasteiger partial charge >= 0.3 is 0 Å². The minimum absolute atomic E-state index is 0.0604. The number of aromatic nitrogens is 1. The van der Waals surface area contributed by atoms with Gasteiger partial charge in [-0.3, -0.25) is 14.5 Å². The molecule has 1 unspecified atom stereocenters. The van der Waals surface area contributed by atoms with Gasteiger partial charge in [0.1, 0.15) is 0 Å². The summed E-state index contributed by atoms with van der Waals surface area (Å²) in [5.74, 6) is 0.888. The Hall–Kier alpha value is -3.45. The van der Waals surface area contributed by atoms with Crippen LogP contribution in [-0.4, -0.2) is 34.8 Å². The van der Waals surface area contributed by atoms with Crippen LogP contribution in [0.2, 0.25) is 0 Å². The van der Waals surface area contributed by atoms with E-state index in [1.54, 1.807) is 6.20 Å². The van der Waals surface area contributed by atoms with Crippen molar-refractivity contribution in [3.05, 3.63) is 72.2 Å². The summed E-state index contributed by atoms with van der Waals surface area (Å²) in [6.45, 7) is 2.45. The van der Waals surface area contributed by atoms with Crippen LogP contribution in [0.25, 0.3) is 11.3 Å². The highest BCUT2D eigenvalue weighted by molar-refractivity contribution is 5.90. The highest BCUT2D eigenvalue weighted by Gasteiger charge is 2.23. The molecule has 4 rings (SSSR count). The van der Waals surface area contributed by atoms with Crippen molar-refractivity contribution in [2.75, 3.05) is 18.4 Å². The molecule has 0 spiro atoms. The van der Waals surface area contributed by atoms with Crippen LogP contribution in [0.4, 0.5) is 5.69 Å². The molecule has 0 saturated carbocycles. The summed E-state index contributed by atoms with van der Waals surface area (Å²) < 4.78 is 5.76. The van der Waals surface area contributed by atoms with E-state index in [4.69, 9.17) is 10.2 Å². The number of nitrogens with two attached hydrogens (primary N) is 1. The number of rotatable bonds is 8. The molecule has 0 aliphatic carbocycles. The molecule has 32 heavy (non-hydrogen) atoms. The van der Waals surface area contributed by atoms with E-state index < -0.39 is 0 Å². The molecule has 1 fully saturated rings. The molecule has 1 aliphatic heterocycles. The van der Waals surface area contributed by atoms with E-state index in [1.807, 2.05) is 54.6 Å². The van der Waals surface area contributed by atoms with Gasteiger partial charge in [-0.2, -0.15) is 0 Å². The van der Waals surface area contributed by atoms with E-state index in [9.17, 15) is 9.59 Å². The number of nitrogens with zero attached hydrogens (tertiary/aromatic N) is 2.